The molecule has 0 aromatic heterocycles. The molecule has 0 N–H and O–H groups in total. The van der Waals surface area contributed by atoms with Gasteiger partial charge in [-0.1, -0.05) is 6.07 Å². The fraction of sp³-hybridized carbons (Fsp3) is 0.562. The van der Waals surface area contributed by atoms with Crippen molar-refractivity contribution in [3.8, 4) is 6.07 Å². The molecule has 0 amide bonds. The summed E-state index contributed by atoms with van der Waals surface area (Å²) >= 11 is 0. The number of rotatable bonds is 7. The third kappa shape index (κ3) is 3.84. The van der Waals surface area contributed by atoms with Crippen molar-refractivity contribution in [2.45, 2.75) is 36.6 Å². The van der Waals surface area contributed by atoms with Gasteiger partial charge in [0, 0.05) is 19.1 Å². The summed E-state index contributed by atoms with van der Waals surface area (Å²) in [5.41, 5.74) is 0.396. The number of hydrogen-bond acceptors (Lipinski definition) is 4. The Kier molecular flexibility index (Phi) is 4.01. The largest absolute Gasteiger partial charge is 0.299 e. The van der Waals surface area contributed by atoms with Gasteiger partial charge in [-0.05, 0) is 49.8 Å². The van der Waals surface area contributed by atoms with Gasteiger partial charge < -0.3 is 0 Å². The second-order valence-corrected chi connectivity index (χ2v) is 8.24. The van der Waals surface area contributed by atoms with Crippen LogP contribution in [0.4, 0.5) is 0 Å². The van der Waals surface area contributed by atoms with Gasteiger partial charge in [-0.2, -0.15) is 5.26 Å². The highest BCUT2D eigenvalue weighted by Gasteiger charge is 2.34. The quantitative estimate of drug-likeness (QED) is 0.775. The number of nitriles is 1. The first-order valence-corrected chi connectivity index (χ1v) is 9.21. The van der Waals surface area contributed by atoms with Gasteiger partial charge in [-0.15, -0.1) is 0 Å². The molecule has 4 nitrogen and oxygen atoms in total. The Balaban J connectivity index is 1.65. The van der Waals surface area contributed by atoms with Crippen LogP contribution >= 0.6 is 0 Å². The van der Waals surface area contributed by atoms with Crippen LogP contribution in [0.25, 0.3) is 0 Å². The highest BCUT2D eigenvalue weighted by molar-refractivity contribution is 7.91. The lowest BCUT2D eigenvalue weighted by Crippen LogP contribution is -2.33. The van der Waals surface area contributed by atoms with Gasteiger partial charge in [-0.25, -0.2) is 8.42 Å². The van der Waals surface area contributed by atoms with Gasteiger partial charge >= 0.3 is 0 Å². The molecule has 0 saturated heterocycles. The van der Waals surface area contributed by atoms with E-state index in [9.17, 15) is 8.42 Å². The maximum Gasteiger partial charge on any atom is 0.179 e. The van der Waals surface area contributed by atoms with Crippen molar-refractivity contribution in [2.24, 2.45) is 5.92 Å². The Bertz CT molecular complexity index is 655. The molecule has 3 rings (SSSR count). The van der Waals surface area contributed by atoms with E-state index in [1.165, 1.54) is 31.7 Å². The standard InChI is InChI=1S/C16H20N2O2S/c17-11-14-2-1-3-16(10-14)21(19,20)9-8-18(15-6-7-15)12-13-4-5-13/h1-3,10,13,15H,4-9,12H2. The maximum atomic E-state index is 12.4. The third-order valence-corrected chi connectivity index (χ3v) is 5.91. The molecule has 5 heteroatoms. The van der Waals surface area contributed by atoms with E-state index in [4.69, 9.17) is 5.26 Å². The summed E-state index contributed by atoms with van der Waals surface area (Å²) in [6.07, 6.45) is 4.99. The van der Waals surface area contributed by atoms with Crippen LogP contribution in [-0.2, 0) is 9.84 Å². The Morgan fingerprint density at radius 3 is 2.62 bits per heavy atom. The first-order valence-electron chi connectivity index (χ1n) is 7.55. The van der Waals surface area contributed by atoms with Crippen molar-refractivity contribution >= 4 is 9.84 Å². The van der Waals surface area contributed by atoms with Crippen LogP contribution in [0.1, 0.15) is 31.2 Å². The maximum absolute atomic E-state index is 12.4. The second-order valence-electron chi connectivity index (χ2n) is 6.13. The molecule has 0 bridgehead atoms. The van der Waals surface area contributed by atoms with Gasteiger partial charge in [-0.3, -0.25) is 4.90 Å². The zero-order chi connectivity index (χ0) is 14.9. The fourth-order valence-electron chi connectivity index (χ4n) is 2.61. The summed E-state index contributed by atoms with van der Waals surface area (Å²) in [6, 6.07) is 8.91. The molecule has 1 aromatic carbocycles. The van der Waals surface area contributed by atoms with Crippen molar-refractivity contribution in [3.05, 3.63) is 29.8 Å². The van der Waals surface area contributed by atoms with E-state index in [-0.39, 0.29) is 10.6 Å². The molecule has 112 valence electrons. The third-order valence-electron chi connectivity index (χ3n) is 4.22. The van der Waals surface area contributed by atoms with Crippen molar-refractivity contribution in [1.29, 1.82) is 5.26 Å². The molecule has 0 spiro atoms. The van der Waals surface area contributed by atoms with Crippen LogP contribution in [0.3, 0.4) is 0 Å². The minimum atomic E-state index is -3.30. The van der Waals surface area contributed by atoms with E-state index in [1.54, 1.807) is 18.2 Å². The topological polar surface area (TPSA) is 61.2 Å². The average Bonchev–Trinajstić information content (AvgIpc) is 3.36. The molecule has 0 atom stereocenters. The van der Waals surface area contributed by atoms with Crippen LogP contribution in [0, 0.1) is 17.2 Å². The number of benzene rings is 1. The molecule has 0 heterocycles. The molecule has 0 aliphatic heterocycles. The molecular formula is C16H20N2O2S. The first kappa shape index (κ1) is 14.6. The number of nitrogens with zero attached hydrogens (tertiary/aromatic N) is 2. The van der Waals surface area contributed by atoms with E-state index >= 15 is 0 Å². The normalized spacial score (nSPS) is 18.7. The van der Waals surface area contributed by atoms with E-state index in [1.807, 2.05) is 6.07 Å². The highest BCUT2D eigenvalue weighted by atomic mass is 32.2. The van der Waals surface area contributed by atoms with Crippen LogP contribution in [-0.4, -0.2) is 38.2 Å². The summed E-state index contributed by atoms with van der Waals surface area (Å²) < 4.78 is 24.8. The molecule has 0 radical (unpaired) electrons. The Morgan fingerprint density at radius 2 is 2.00 bits per heavy atom. The summed E-state index contributed by atoms with van der Waals surface area (Å²) in [6.45, 7) is 1.67. The van der Waals surface area contributed by atoms with E-state index in [2.05, 4.69) is 4.90 Å². The second kappa shape index (κ2) is 5.78. The molecule has 2 saturated carbocycles. The van der Waals surface area contributed by atoms with Crippen molar-refractivity contribution in [1.82, 2.24) is 4.90 Å². The van der Waals surface area contributed by atoms with Crippen LogP contribution in [0.5, 0.6) is 0 Å². The smallest absolute Gasteiger partial charge is 0.179 e. The van der Waals surface area contributed by atoms with E-state index in [0.717, 1.165) is 12.5 Å². The predicted octanol–water partition coefficient (Wildman–Crippen LogP) is 2.21. The molecular weight excluding hydrogens is 284 g/mol. The summed E-state index contributed by atoms with van der Waals surface area (Å²) in [4.78, 5) is 2.62. The van der Waals surface area contributed by atoms with E-state index < -0.39 is 9.84 Å². The first-order chi connectivity index (χ1) is 10.1. The van der Waals surface area contributed by atoms with Gasteiger partial charge in [0.05, 0.1) is 22.3 Å². The summed E-state index contributed by atoms with van der Waals surface area (Å²) in [7, 11) is -3.30. The molecule has 0 unspecified atom stereocenters. The Labute approximate surface area is 126 Å². The van der Waals surface area contributed by atoms with Gasteiger partial charge in [0.15, 0.2) is 9.84 Å². The summed E-state index contributed by atoms with van der Waals surface area (Å²) in [5.74, 6) is 0.931. The van der Waals surface area contributed by atoms with Gasteiger partial charge in [0.25, 0.3) is 0 Å². The molecule has 2 fully saturated rings. The molecule has 2 aliphatic carbocycles. The number of hydrogen-bond donors (Lipinski definition) is 0. The Hall–Kier alpha value is -1.38. The lowest BCUT2D eigenvalue weighted by Gasteiger charge is -2.21. The van der Waals surface area contributed by atoms with Crippen LogP contribution in [0.2, 0.25) is 0 Å². The SMILES string of the molecule is N#Cc1cccc(S(=O)(=O)CCN(CC2CC2)C2CC2)c1. The van der Waals surface area contributed by atoms with Crippen LogP contribution < -0.4 is 0 Å². The zero-order valence-electron chi connectivity index (χ0n) is 12.0. The minimum absolute atomic E-state index is 0.144. The molecule has 21 heavy (non-hydrogen) atoms. The van der Waals surface area contributed by atoms with Gasteiger partial charge in [0.2, 0.25) is 0 Å². The lowest BCUT2D eigenvalue weighted by atomic mass is 10.2. The zero-order valence-corrected chi connectivity index (χ0v) is 12.8. The monoisotopic (exact) mass is 304 g/mol. The summed E-state index contributed by atoms with van der Waals surface area (Å²) in [5, 5.41) is 8.88. The van der Waals surface area contributed by atoms with E-state index in [0.29, 0.717) is 18.2 Å². The molecule has 2 aliphatic rings. The average molecular weight is 304 g/mol. The minimum Gasteiger partial charge on any atom is -0.299 e. The van der Waals surface area contributed by atoms with Crippen LogP contribution in [0.15, 0.2) is 29.2 Å². The lowest BCUT2D eigenvalue weighted by molar-refractivity contribution is 0.267. The van der Waals surface area contributed by atoms with Gasteiger partial charge in [0.1, 0.15) is 0 Å². The molecule has 1 aromatic rings. The predicted molar refractivity (Wildman–Crippen MR) is 80.5 cm³/mol. The Morgan fingerprint density at radius 1 is 1.24 bits per heavy atom. The van der Waals surface area contributed by atoms with Crippen molar-refractivity contribution in [3.63, 3.8) is 0 Å². The van der Waals surface area contributed by atoms with Crippen molar-refractivity contribution < 1.29 is 8.42 Å². The number of sulfone groups is 1. The highest BCUT2D eigenvalue weighted by Crippen LogP contribution is 2.34. The fourth-order valence-corrected chi connectivity index (χ4v) is 3.91. The van der Waals surface area contributed by atoms with Crippen molar-refractivity contribution in [2.75, 3.05) is 18.8 Å².